The van der Waals surface area contributed by atoms with Crippen LogP contribution in [0.1, 0.15) is 28.9 Å². The fourth-order valence-corrected chi connectivity index (χ4v) is 5.63. The predicted octanol–water partition coefficient (Wildman–Crippen LogP) is 6.36. The van der Waals surface area contributed by atoms with Crippen LogP contribution < -0.4 is 14.8 Å². The van der Waals surface area contributed by atoms with Gasteiger partial charge < -0.3 is 24.3 Å². The van der Waals surface area contributed by atoms with Crippen molar-refractivity contribution in [1.82, 2.24) is 9.47 Å². The Bertz CT molecular complexity index is 1570. The van der Waals surface area contributed by atoms with Crippen LogP contribution in [0.4, 0.5) is 5.69 Å². The minimum atomic E-state index is -0.264. The van der Waals surface area contributed by atoms with Crippen LogP contribution in [-0.4, -0.2) is 42.3 Å². The number of fused-ring (bicyclic) bond motifs is 4. The summed E-state index contributed by atoms with van der Waals surface area (Å²) in [6, 6.07) is 26.2. The second-order valence-electron chi connectivity index (χ2n) is 9.76. The molecule has 3 heterocycles. The molecule has 196 valence electrons. The largest absolute Gasteiger partial charge is 0.497 e. The summed E-state index contributed by atoms with van der Waals surface area (Å²) in [5.41, 5.74) is 14.5. The Hall–Kier alpha value is -4.88. The van der Waals surface area contributed by atoms with Crippen LogP contribution in [0, 0.1) is 0 Å². The number of carbonyl (C=O) groups excluding carboxylic acids is 1. The fourth-order valence-electron chi connectivity index (χ4n) is 5.63. The molecule has 0 atom stereocenters. The Morgan fingerprint density at radius 1 is 1.00 bits per heavy atom. The average molecular weight is 521 g/mol. The topological polar surface area (TPSA) is 104 Å². The van der Waals surface area contributed by atoms with Crippen LogP contribution in [0.25, 0.3) is 27.3 Å². The molecule has 2 aliphatic rings. The number of benzene rings is 3. The first kappa shape index (κ1) is 24.5. The lowest BCUT2D eigenvalue weighted by molar-refractivity contribution is 0.0675. The third kappa shape index (κ3) is 4.53. The van der Waals surface area contributed by atoms with Gasteiger partial charge in [-0.05, 0) is 65.9 Å². The number of likely N-dealkylation sites (tertiary alicyclic amines) is 1. The van der Waals surface area contributed by atoms with Crippen LogP contribution in [0.2, 0.25) is 0 Å². The average Bonchev–Trinajstić information content (AvgIpc) is 3.49. The molecule has 6 rings (SSSR count). The lowest BCUT2D eigenvalue weighted by Gasteiger charge is -2.46. The number of rotatable bonds is 6. The molecule has 0 bridgehead atoms. The van der Waals surface area contributed by atoms with Crippen molar-refractivity contribution in [1.29, 1.82) is 0 Å². The minimum Gasteiger partial charge on any atom is -0.497 e. The van der Waals surface area contributed by atoms with E-state index in [9.17, 15) is 4.79 Å². The summed E-state index contributed by atoms with van der Waals surface area (Å²) >= 11 is 0. The maximum Gasteiger partial charge on any atom is 0.254 e. The van der Waals surface area contributed by atoms with Crippen molar-refractivity contribution in [2.45, 2.75) is 18.4 Å². The van der Waals surface area contributed by atoms with Crippen LogP contribution in [0.15, 0.2) is 90.2 Å². The number of nitrogens with zero attached hydrogens (tertiary/aromatic N) is 5. The van der Waals surface area contributed by atoms with Gasteiger partial charge in [-0.25, -0.2) is 0 Å². The Kier molecular flexibility index (Phi) is 6.34. The number of piperidine rings is 1. The van der Waals surface area contributed by atoms with Crippen LogP contribution >= 0.6 is 0 Å². The maximum absolute atomic E-state index is 13.5. The van der Waals surface area contributed by atoms with E-state index < -0.39 is 0 Å². The summed E-state index contributed by atoms with van der Waals surface area (Å²) in [7, 11) is 1.54. The molecule has 3 aromatic carbocycles. The molecule has 1 spiro atoms. The van der Waals surface area contributed by atoms with Gasteiger partial charge in [-0.3, -0.25) is 4.79 Å². The number of aromatic nitrogens is 1. The van der Waals surface area contributed by atoms with E-state index in [0.29, 0.717) is 30.2 Å². The molecule has 2 aliphatic heterocycles. The van der Waals surface area contributed by atoms with Gasteiger partial charge in [0.25, 0.3) is 5.91 Å². The van der Waals surface area contributed by atoms with Crippen LogP contribution in [-0.2, 0) is 5.54 Å². The summed E-state index contributed by atoms with van der Waals surface area (Å²) in [4.78, 5) is 18.1. The van der Waals surface area contributed by atoms with Gasteiger partial charge >= 0.3 is 0 Å². The van der Waals surface area contributed by atoms with Crippen molar-refractivity contribution < 1.29 is 14.3 Å². The summed E-state index contributed by atoms with van der Waals surface area (Å²) in [6.07, 6.45) is 3.66. The summed E-state index contributed by atoms with van der Waals surface area (Å²) in [6.45, 7) is 1.03. The molecule has 1 saturated heterocycles. The number of anilines is 1. The Morgan fingerprint density at radius 3 is 2.56 bits per heavy atom. The van der Waals surface area contributed by atoms with E-state index in [0.717, 1.165) is 24.2 Å². The number of carbonyl (C=O) groups is 1. The number of methoxy groups -OCH3 is 1. The third-order valence-corrected chi connectivity index (χ3v) is 7.60. The zero-order valence-electron chi connectivity index (χ0n) is 21.6. The van der Waals surface area contributed by atoms with E-state index in [4.69, 9.17) is 15.0 Å². The second kappa shape index (κ2) is 10.1. The monoisotopic (exact) mass is 520 g/mol. The third-order valence-electron chi connectivity index (χ3n) is 7.60. The standard InChI is InChI=1S/C30H28N6O3/c1-38-24-16-23(17-25(19-24)39-20-32-34-31)29(37)35-14-11-30(12-15-35)28-8-5-13-36(28)27-18-22(9-10-26(27)33-30)21-6-3-2-4-7-21/h2-10,13,16-19,33H,11-12,14-15,20H2,1H3. The highest BCUT2D eigenvalue weighted by molar-refractivity contribution is 5.95. The molecule has 4 aromatic rings. The highest BCUT2D eigenvalue weighted by Gasteiger charge is 2.42. The molecular formula is C30H28N6O3. The molecular weight excluding hydrogens is 492 g/mol. The fraction of sp³-hybridized carbons (Fsp3) is 0.233. The van der Waals surface area contributed by atoms with Crippen LogP contribution in [0.5, 0.6) is 11.5 Å². The second-order valence-corrected chi connectivity index (χ2v) is 9.76. The van der Waals surface area contributed by atoms with Gasteiger partial charge in [-0.1, -0.05) is 41.5 Å². The van der Waals surface area contributed by atoms with E-state index in [2.05, 4.69) is 80.7 Å². The number of azide groups is 1. The number of nitrogens with one attached hydrogen (secondary N) is 1. The molecule has 1 amide bonds. The van der Waals surface area contributed by atoms with E-state index >= 15 is 0 Å². The number of hydrogen-bond donors (Lipinski definition) is 1. The van der Waals surface area contributed by atoms with E-state index in [1.807, 2.05) is 11.0 Å². The first-order chi connectivity index (χ1) is 19.1. The molecule has 0 unspecified atom stereocenters. The van der Waals surface area contributed by atoms with E-state index in [-0.39, 0.29) is 18.2 Å². The molecule has 0 saturated carbocycles. The van der Waals surface area contributed by atoms with Crippen molar-refractivity contribution in [2.24, 2.45) is 5.11 Å². The van der Waals surface area contributed by atoms with E-state index in [1.54, 1.807) is 18.2 Å². The zero-order valence-corrected chi connectivity index (χ0v) is 21.6. The molecule has 0 radical (unpaired) electrons. The van der Waals surface area contributed by atoms with Crippen molar-refractivity contribution in [2.75, 3.05) is 32.2 Å². The Balaban J connectivity index is 1.22. The van der Waals surface area contributed by atoms with Gasteiger partial charge in [0.1, 0.15) is 11.5 Å². The number of amides is 1. The van der Waals surface area contributed by atoms with Crippen molar-refractivity contribution in [3.05, 3.63) is 107 Å². The van der Waals surface area contributed by atoms with Gasteiger partial charge in [0.15, 0.2) is 6.73 Å². The smallest absolute Gasteiger partial charge is 0.254 e. The molecule has 0 aliphatic carbocycles. The SMILES string of the molecule is COc1cc(OCN=[N+]=[N-])cc(C(=O)N2CCC3(CC2)Nc2ccc(-c4ccccc4)cc2-n2cccc23)c1. The van der Waals surface area contributed by atoms with E-state index in [1.165, 1.54) is 23.9 Å². The zero-order chi connectivity index (χ0) is 26.8. The molecule has 39 heavy (non-hydrogen) atoms. The van der Waals surface area contributed by atoms with Gasteiger partial charge in [-0.15, -0.1) is 0 Å². The maximum atomic E-state index is 13.5. The van der Waals surface area contributed by atoms with Crippen molar-refractivity contribution >= 4 is 11.6 Å². The molecule has 1 N–H and O–H groups in total. The summed E-state index contributed by atoms with van der Waals surface area (Å²) in [5.74, 6) is 0.830. The van der Waals surface area contributed by atoms with Gasteiger partial charge in [0, 0.05) is 41.5 Å². The number of ether oxygens (including phenoxy) is 2. The normalized spacial score (nSPS) is 14.9. The minimum absolute atomic E-state index is 0.0866. The Morgan fingerprint density at radius 2 is 1.79 bits per heavy atom. The molecule has 9 nitrogen and oxygen atoms in total. The summed E-state index contributed by atoms with van der Waals surface area (Å²) < 4.78 is 13.1. The van der Waals surface area contributed by atoms with Crippen molar-refractivity contribution in [3.63, 3.8) is 0 Å². The van der Waals surface area contributed by atoms with Gasteiger partial charge in [-0.2, -0.15) is 0 Å². The lowest BCUT2D eigenvalue weighted by atomic mass is 9.82. The molecule has 1 aromatic heterocycles. The first-order valence-corrected chi connectivity index (χ1v) is 12.9. The first-order valence-electron chi connectivity index (χ1n) is 12.9. The molecule has 9 heteroatoms. The highest BCUT2D eigenvalue weighted by Crippen LogP contribution is 2.44. The number of hydrogen-bond acceptors (Lipinski definition) is 5. The van der Waals surface area contributed by atoms with Crippen molar-refractivity contribution in [3.8, 4) is 28.3 Å². The molecule has 1 fully saturated rings. The quantitative estimate of drug-likeness (QED) is 0.181. The Labute approximate surface area is 226 Å². The summed E-state index contributed by atoms with van der Waals surface area (Å²) in [5, 5.41) is 7.25. The predicted molar refractivity (Wildman–Crippen MR) is 149 cm³/mol. The lowest BCUT2D eigenvalue weighted by Crippen LogP contribution is -2.51. The highest BCUT2D eigenvalue weighted by atomic mass is 16.5. The van der Waals surface area contributed by atoms with Gasteiger partial charge in [0.05, 0.1) is 24.0 Å². The van der Waals surface area contributed by atoms with Crippen LogP contribution in [0.3, 0.4) is 0 Å². The van der Waals surface area contributed by atoms with Gasteiger partial charge in [0.2, 0.25) is 0 Å².